The maximum Gasteiger partial charge on any atom is 0.306 e. The average Bonchev–Trinajstić information content (AvgIpc) is 3.50. The van der Waals surface area contributed by atoms with Crippen molar-refractivity contribution in [1.29, 1.82) is 0 Å². The third-order valence-electron chi connectivity index (χ3n) is 16.8. The molecule has 0 saturated heterocycles. The van der Waals surface area contributed by atoms with Crippen molar-refractivity contribution in [1.82, 2.24) is 0 Å². The van der Waals surface area contributed by atoms with E-state index in [0.29, 0.717) is 19.3 Å². The normalized spacial score (nSPS) is 12.3. The molecule has 6 nitrogen and oxygen atoms in total. The first-order valence-electron chi connectivity index (χ1n) is 37.1. The molecule has 0 spiro atoms. The van der Waals surface area contributed by atoms with Gasteiger partial charge in [0, 0.05) is 19.3 Å². The number of carbonyl (C=O) groups excluding carboxylic acids is 3. The van der Waals surface area contributed by atoms with Crippen molar-refractivity contribution in [3.05, 3.63) is 48.6 Å². The third kappa shape index (κ3) is 70.0. The van der Waals surface area contributed by atoms with Crippen molar-refractivity contribution in [2.75, 3.05) is 13.2 Å². The molecular weight excluding hydrogens is 1020 g/mol. The minimum Gasteiger partial charge on any atom is -0.462 e. The summed E-state index contributed by atoms with van der Waals surface area (Å²) in [5, 5.41) is 0. The summed E-state index contributed by atoms with van der Waals surface area (Å²) in [5.41, 5.74) is 0. The molecule has 0 aliphatic carbocycles. The number of hydrogen-bond donors (Lipinski definition) is 0. The lowest BCUT2D eigenvalue weighted by atomic mass is 10.0. The second-order valence-corrected chi connectivity index (χ2v) is 25.2. The monoisotopic (exact) mass is 1160 g/mol. The highest BCUT2D eigenvalue weighted by Crippen LogP contribution is 2.19. The Hall–Kier alpha value is -2.63. The molecule has 83 heavy (non-hydrogen) atoms. The van der Waals surface area contributed by atoms with E-state index in [9.17, 15) is 14.4 Å². The fourth-order valence-corrected chi connectivity index (χ4v) is 11.2. The van der Waals surface area contributed by atoms with Crippen LogP contribution < -0.4 is 0 Å². The van der Waals surface area contributed by atoms with Crippen molar-refractivity contribution in [3.63, 3.8) is 0 Å². The number of ether oxygens (including phenoxy) is 3. The van der Waals surface area contributed by atoms with Crippen LogP contribution in [0.15, 0.2) is 48.6 Å². The highest BCUT2D eigenvalue weighted by atomic mass is 16.6. The van der Waals surface area contributed by atoms with Gasteiger partial charge in [-0.1, -0.05) is 352 Å². The van der Waals surface area contributed by atoms with Crippen LogP contribution in [0.3, 0.4) is 0 Å². The van der Waals surface area contributed by atoms with Crippen LogP contribution in [-0.2, 0) is 28.6 Å². The molecule has 0 radical (unpaired) electrons. The average molecular weight is 1160 g/mol. The van der Waals surface area contributed by atoms with E-state index >= 15 is 0 Å². The molecule has 0 aliphatic heterocycles. The number of unbranched alkanes of at least 4 members (excludes halogenated alkanes) is 50. The minimum absolute atomic E-state index is 0.0678. The SMILES string of the molecule is CCCCCCC/C=C\C/C=C\C/C=C\CCCCCCCCCCCCCCCCCCC(=O)OCC(COC(=O)CCCCCCCCC)OC(=O)CCCCCCCCCCCCCCCCC/C=C\CCCCCCCCCC. The fourth-order valence-electron chi connectivity index (χ4n) is 11.2. The zero-order valence-electron chi connectivity index (χ0n) is 56.0. The van der Waals surface area contributed by atoms with Gasteiger partial charge in [0.2, 0.25) is 0 Å². The molecule has 0 heterocycles. The second-order valence-electron chi connectivity index (χ2n) is 25.2. The molecule has 6 heteroatoms. The van der Waals surface area contributed by atoms with Crippen LogP contribution in [0.25, 0.3) is 0 Å². The van der Waals surface area contributed by atoms with E-state index in [1.165, 1.54) is 295 Å². The maximum absolute atomic E-state index is 12.9. The van der Waals surface area contributed by atoms with E-state index in [1.54, 1.807) is 0 Å². The summed E-state index contributed by atoms with van der Waals surface area (Å²) in [7, 11) is 0. The molecule has 0 aromatic rings. The first kappa shape index (κ1) is 80.4. The Bertz CT molecular complexity index is 1430. The van der Waals surface area contributed by atoms with Crippen molar-refractivity contribution < 1.29 is 28.6 Å². The van der Waals surface area contributed by atoms with E-state index < -0.39 is 6.10 Å². The van der Waals surface area contributed by atoms with Gasteiger partial charge in [-0.2, -0.15) is 0 Å². The summed E-state index contributed by atoms with van der Waals surface area (Å²) < 4.78 is 16.9. The van der Waals surface area contributed by atoms with Crippen LogP contribution in [0.2, 0.25) is 0 Å². The van der Waals surface area contributed by atoms with Crippen molar-refractivity contribution in [2.45, 2.75) is 412 Å². The molecule has 0 saturated carbocycles. The summed E-state index contributed by atoms with van der Waals surface area (Å²) in [4.78, 5) is 38.2. The highest BCUT2D eigenvalue weighted by Gasteiger charge is 2.19. The van der Waals surface area contributed by atoms with Gasteiger partial charge in [-0.3, -0.25) is 14.4 Å². The molecule has 1 atom stereocenters. The second kappa shape index (κ2) is 71.8. The topological polar surface area (TPSA) is 78.9 Å². The van der Waals surface area contributed by atoms with Gasteiger partial charge < -0.3 is 14.2 Å². The third-order valence-corrected chi connectivity index (χ3v) is 16.8. The largest absolute Gasteiger partial charge is 0.462 e. The van der Waals surface area contributed by atoms with E-state index in [2.05, 4.69) is 69.4 Å². The first-order chi connectivity index (χ1) is 41.0. The van der Waals surface area contributed by atoms with Gasteiger partial charge in [0.15, 0.2) is 6.10 Å². The van der Waals surface area contributed by atoms with Crippen LogP contribution in [0.4, 0.5) is 0 Å². The first-order valence-corrected chi connectivity index (χ1v) is 37.1. The molecule has 0 fully saturated rings. The number of allylic oxidation sites excluding steroid dienone is 8. The predicted octanol–water partition coefficient (Wildman–Crippen LogP) is 25.7. The highest BCUT2D eigenvalue weighted by molar-refractivity contribution is 5.71. The van der Waals surface area contributed by atoms with Crippen LogP contribution in [0, 0.1) is 0 Å². The molecule has 486 valence electrons. The fraction of sp³-hybridized carbons (Fsp3) is 0.857. The smallest absolute Gasteiger partial charge is 0.306 e. The standard InChI is InChI=1S/C77H142O6/c1-4-7-10-13-16-18-20-22-24-26-28-30-32-34-36-37-38-39-41-42-44-46-48-50-52-54-56-58-61-64-67-70-76(79)82-73-74(72-81-75(78)69-66-63-60-15-12-9-6-3)83-77(80)71-68-65-62-59-57-55-53-51-49-47-45-43-40-35-33-31-29-27-25-23-21-19-17-14-11-8-5-2/h20,22,26-29,32,34,74H,4-19,21,23-25,30-31,33,35-73H2,1-3H3/b22-20-,28-26-,29-27-,34-32-. The Labute approximate surface area is 518 Å². The molecule has 0 aromatic heterocycles. The van der Waals surface area contributed by atoms with Gasteiger partial charge in [-0.05, 0) is 83.5 Å². The van der Waals surface area contributed by atoms with Crippen LogP contribution in [-0.4, -0.2) is 37.2 Å². The zero-order chi connectivity index (χ0) is 59.9. The van der Waals surface area contributed by atoms with Crippen molar-refractivity contribution in [2.24, 2.45) is 0 Å². The lowest BCUT2D eigenvalue weighted by Gasteiger charge is -2.18. The molecule has 0 aliphatic rings. The Balaban J connectivity index is 4.00. The van der Waals surface area contributed by atoms with Gasteiger partial charge >= 0.3 is 17.9 Å². The van der Waals surface area contributed by atoms with E-state index in [0.717, 1.165) is 70.6 Å². The van der Waals surface area contributed by atoms with Gasteiger partial charge in [-0.25, -0.2) is 0 Å². The lowest BCUT2D eigenvalue weighted by Crippen LogP contribution is -2.30. The molecule has 0 amide bonds. The van der Waals surface area contributed by atoms with Crippen LogP contribution in [0.5, 0.6) is 0 Å². The predicted molar refractivity (Wildman–Crippen MR) is 362 cm³/mol. The van der Waals surface area contributed by atoms with Crippen LogP contribution in [0.1, 0.15) is 406 Å². The Morgan fingerprint density at radius 1 is 0.241 bits per heavy atom. The number of rotatable bonds is 69. The summed E-state index contributed by atoms with van der Waals surface area (Å²) in [5.74, 6) is -0.848. The number of esters is 3. The number of hydrogen-bond acceptors (Lipinski definition) is 6. The minimum atomic E-state index is -0.769. The molecular formula is C77H142O6. The van der Waals surface area contributed by atoms with Crippen LogP contribution >= 0.6 is 0 Å². The van der Waals surface area contributed by atoms with Crippen molar-refractivity contribution in [3.8, 4) is 0 Å². The van der Waals surface area contributed by atoms with E-state index in [4.69, 9.17) is 14.2 Å². The summed E-state index contributed by atoms with van der Waals surface area (Å²) in [6, 6.07) is 0. The Morgan fingerprint density at radius 2 is 0.434 bits per heavy atom. The van der Waals surface area contributed by atoms with Gasteiger partial charge in [0.25, 0.3) is 0 Å². The van der Waals surface area contributed by atoms with E-state index in [1.807, 2.05) is 0 Å². The Kier molecular flexibility index (Phi) is 69.6. The summed E-state index contributed by atoms with van der Waals surface area (Å²) in [6.07, 6.45) is 91.9. The summed E-state index contributed by atoms with van der Waals surface area (Å²) >= 11 is 0. The van der Waals surface area contributed by atoms with Gasteiger partial charge in [0.05, 0.1) is 0 Å². The zero-order valence-corrected chi connectivity index (χ0v) is 56.0. The lowest BCUT2D eigenvalue weighted by molar-refractivity contribution is -0.167. The molecule has 0 aromatic carbocycles. The molecule has 0 bridgehead atoms. The quantitative estimate of drug-likeness (QED) is 0.0261. The molecule has 0 N–H and O–H groups in total. The van der Waals surface area contributed by atoms with Gasteiger partial charge in [0.1, 0.15) is 13.2 Å². The van der Waals surface area contributed by atoms with Gasteiger partial charge in [-0.15, -0.1) is 0 Å². The van der Waals surface area contributed by atoms with Crippen molar-refractivity contribution >= 4 is 17.9 Å². The summed E-state index contributed by atoms with van der Waals surface area (Å²) in [6.45, 7) is 6.65. The number of carbonyl (C=O) groups is 3. The van der Waals surface area contributed by atoms with E-state index in [-0.39, 0.29) is 31.1 Å². The Morgan fingerprint density at radius 3 is 0.687 bits per heavy atom. The molecule has 0 rings (SSSR count). The molecule has 1 unspecified atom stereocenters. The maximum atomic E-state index is 12.9.